The first-order chi connectivity index (χ1) is 11.0. The minimum atomic E-state index is -0.791. The monoisotopic (exact) mass is 333 g/mol. The van der Waals surface area contributed by atoms with Crippen LogP contribution in [0, 0.1) is 0 Å². The Morgan fingerprint density at radius 2 is 2.04 bits per heavy atom. The fraction of sp³-hybridized carbons (Fsp3) is 0.176. The van der Waals surface area contributed by atoms with Crippen LogP contribution in [0.25, 0.3) is 0 Å². The number of hydrogen-bond acceptors (Lipinski definition) is 4. The topological polar surface area (TPSA) is 64.6 Å². The van der Waals surface area contributed by atoms with Gasteiger partial charge in [-0.05, 0) is 43.3 Å². The lowest BCUT2D eigenvalue weighted by Crippen LogP contribution is -2.30. The lowest BCUT2D eigenvalue weighted by atomic mass is 10.2. The third kappa shape index (κ3) is 4.47. The second-order valence-corrected chi connectivity index (χ2v) is 5.22. The molecular weight excluding hydrogens is 318 g/mol. The van der Waals surface area contributed by atoms with Crippen molar-refractivity contribution < 1.29 is 19.1 Å². The van der Waals surface area contributed by atoms with Crippen molar-refractivity contribution in [2.24, 2.45) is 0 Å². The van der Waals surface area contributed by atoms with Gasteiger partial charge in [0.1, 0.15) is 11.5 Å². The Morgan fingerprint density at radius 3 is 2.70 bits per heavy atom. The molecule has 0 unspecified atom stereocenters. The van der Waals surface area contributed by atoms with E-state index in [1.165, 1.54) is 7.11 Å². The molecule has 0 aliphatic carbocycles. The van der Waals surface area contributed by atoms with Crippen molar-refractivity contribution in [3.05, 3.63) is 53.1 Å². The Morgan fingerprint density at radius 1 is 1.26 bits per heavy atom. The molecule has 1 atom stereocenters. The maximum Gasteiger partial charge on any atom is 0.265 e. The quantitative estimate of drug-likeness (QED) is 0.821. The van der Waals surface area contributed by atoms with Gasteiger partial charge < -0.3 is 14.8 Å². The van der Waals surface area contributed by atoms with Crippen LogP contribution in [0.3, 0.4) is 0 Å². The summed E-state index contributed by atoms with van der Waals surface area (Å²) in [5, 5.41) is 3.22. The molecule has 0 saturated heterocycles. The maximum atomic E-state index is 12.2. The lowest BCUT2D eigenvalue weighted by Gasteiger charge is -2.16. The summed E-state index contributed by atoms with van der Waals surface area (Å²) in [5.41, 5.74) is 0.884. The molecule has 120 valence electrons. The highest BCUT2D eigenvalue weighted by molar-refractivity contribution is 6.30. The Bertz CT molecular complexity index is 717. The highest BCUT2D eigenvalue weighted by Crippen LogP contribution is 2.24. The molecule has 1 amide bonds. The number of methoxy groups -OCH3 is 1. The first-order valence-electron chi connectivity index (χ1n) is 6.90. The molecule has 0 saturated carbocycles. The number of carbonyl (C=O) groups excluding carboxylic acids is 2. The molecule has 0 spiro atoms. The normalized spacial score (nSPS) is 11.4. The minimum absolute atomic E-state index is 0.312. The van der Waals surface area contributed by atoms with Gasteiger partial charge in [-0.25, -0.2) is 0 Å². The zero-order valence-corrected chi connectivity index (χ0v) is 13.5. The second-order valence-electron chi connectivity index (χ2n) is 4.78. The Labute approximate surface area is 139 Å². The average Bonchev–Trinajstić information content (AvgIpc) is 2.55. The van der Waals surface area contributed by atoms with Gasteiger partial charge in [0.2, 0.25) is 0 Å². The van der Waals surface area contributed by atoms with E-state index in [1.807, 2.05) is 0 Å². The summed E-state index contributed by atoms with van der Waals surface area (Å²) in [7, 11) is 1.51. The van der Waals surface area contributed by atoms with Crippen molar-refractivity contribution in [2.75, 3.05) is 12.4 Å². The number of carbonyl (C=O) groups is 2. The molecule has 5 nitrogen and oxygen atoms in total. The smallest absolute Gasteiger partial charge is 0.265 e. The van der Waals surface area contributed by atoms with E-state index in [0.29, 0.717) is 34.1 Å². The first kappa shape index (κ1) is 16.8. The van der Waals surface area contributed by atoms with Crippen LogP contribution >= 0.6 is 11.6 Å². The van der Waals surface area contributed by atoms with Crippen molar-refractivity contribution in [3.8, 4) is 11.5 Å². The maximum absolute atomic E-state index is 12.2. The number of aldehydes is 1. The molecule has 0 aromatic heterocycles. The Balaban J connectivity index is 2.07. The van der Waals surface area contributed by atoms with Crippen molar-refractivity contribution >= 4 is 29.5 Å². The lowest BCUT2D eigenvalue weighted by molar-refractivity contribution is -0.122. The van der Waals surface area contributed by atoms with Gasteiger partial charge >= 0.3 is 0 Å². The summed E-state index contributed by atoms with van der Waals surface area (Å²) in [4.78, 5) is 23.3. The molecule has 23 heavy (non-hydrogen) atoms. The largest absolute Gasteiger partial charge is 0.497 e. The molecule has 0 aliphatic rings. The Kier molecular flexibility index (Phi) is 5.60. The minimum Gasteiger partial charge on any atom is -0.497 e. The third-order valence-corrected chi connectivity index (χ3v) is 3.34. The van der Waals surface area contributed by atoms with Gasteiger partial charge in [0.25, 0.3) is 5.91 Å². The van der Waals surface area contributed by atoms with E-state index in [-0.39, 0.29) is 5.91 Å². The van der Waals surface area contributed by atoms with Gasteiger partial charge in [-0.15, -0.1) is 0 Å². The van der Waals surface area contributed by atoms with Gasteiger partial charge in [-0.2, -0.15) is 0 Å². The molecule has 0 bridgehead atoms. The molecule has 6 heteroatoms. The van der Waals surface area contributed by atoms with E-state index in [9.17, 15) is 9.59 Å². The third-order valence-electron chi connectivity index (χ3n) is 3.11. The van der Waals surface area contributed by atoms with Crippen LogP contribution in [-0.2, 0) is 4.79 Å². The van der Waals surface area contributed by atoms with Crippen molar-refractivity contribution in [1.29, 1.82) is 0 Å². The summed E-state index contributed by atoms with van der Waals surface area (Å²) < 4.78 is 10.6. The number of ether oxygens (including phenoxy) is 2. The van der Waals surface area contributed by atoms with Gasteiger partial charge in [0.05, 0.1) is 12.7 Å². The second kappa shape index (κ2) is 7.65. The standard InChI is InChI=1S/C17H16ClNO4/c1-11(17(21)19-14-5-3-4-13(18)9-14)23-16-7-6-15(22-2)8-12(16)10-20/h3-11H,1-2H3,(H,19,21)/t11-/m1/s1. The summed E-state index contributed by atoms with van der Waals surface area (Å²) in [6.45, 7) is 1.60. The summed E-state index contributed by atoms with van der Waals surface area (Å²) in [6, 6.07) is 11.6. The van der Waals surface area contributed by atoms with E-state index >= 15 is 0 Å². The predicted octanol–water partition coefficient (Wildman–Crippen LogP) is 3.57. The van der Waals surface area contributed by atoms with E-state index < -0.39 is 6.10 Å². The molecule has 0 radical (unpaired) electrons. The number of nitrogens with one attached hydrogen (secondary N) is 1. The molecule has 1 N–H and O–H groups in total. The molecule has 2 aromatic carbocycles. The molecule has 0 aliphatic heterocycles. The molecule has 0 heterocycles. The van der Waals surface area contributed by atoms with Crippen LogP contribution in [0.4, 0.5) is 5.69 Å². The van der Waals surface area contributed by atoms with Crippen LogP contribution in [0.1, 0.15) is 17.3 Å². The first-order valence-corrected chi connectivity index (χ1v) is 7.27. The SMILES string of the molecule is COc1ccc(O[C@H](C)C(=O)Nc2cccc(Cl)c2)c(C=O)c1. The number of halogens is 1. The van der Waals surface area contributed by atoms with Gasteiger partial charge in [0.15, 0.2) is 12.4 Å². The predicted molar refractivity (Wildman–Crippen MR) is 88.6 cm³/mol. The summed E-state index contributed by atoms with van der Waals surface area (Å²) >= 11 is 5.87. The molecule has 2 aromatic rings. The molecule has 2 rings (SSSR count). The van der Waals surface area contributed by atoms with Crippen LogP contribution in [0.15, 0.2) is 42.5 Å². The number of rotatable bonds is 6. The van der Waals surface area contributed by atoms with E-state index in [4.69, 9.17) is 21.1 Å². The Hall–Kier alpha value is -2.53. The fourth-order valence-corrected chi connectivity index (χ4v) is 2.10. The number of hydrogen-bond donors (Lipinski definition) is 1. The highest BCUT2D eigenvalue weighted by atomic mass is 35.5. The summed E-state index contributed by atoms with van der Waals surface area (Å²) in [6.07, 6.45) is -0.138. The average molecular weight is 334 g/mol. The van der Waals surface area contributed by atoms with Crippen LogP contribution in [0.5, 0.6) is 11.5 Å². The summed E-state index contributed by atoms with van der Waals surface area (Å²) in [5.74, 6) is 0.505. The van der Waals surface area contributed by atoms with E-state index in [0.717, 1.165) is 0 Å². The van der Waals surface area contributed by atoms with Crippen LogP contribution in [0.2, 0.25) is 5.02 Å². The van der Waals surface area contributed by atoms with E-state index in [1.54, 1.807) is 49.4 Å². The number of anilines is 1. The van der Waals surface area contributed by atoms with Gasteiger partial charge in [-0.3, -0.25) is 9.59 Å². The van der Waals surface area contributed by atoms with E-state index in [2.05, 4.69) is 5.32 Å². The highest BCUT2D eigenvalue weighted by Gasteiger charge is 2.17. The number of amides is 1. The van der Waals surface area contributed by atoms with Crippen LogP contribution in [-0.4, -0.2) is 25.4 Å². The number of benzene rings is 2. The fourth-order valence-electron chi connectivity index (χ4n) is 1.91. The molecular formula is C17H16ClNO4. The van der Waals surface area contributed by atoms with Crippen molar-refractivity contribution in [3.63, 3.8) is 0 Å². The van der Waals surface area contributed by atoms with Crippen molar-refractivity contribution in [1.82, 2.24) is 0 Å². The zero-order valence-electron chi connectivity index (χ0n) is 12.7. The van der Waals surface area contributed by atoms with Crippen LogP contribution < -0.4 is 14.8 Å². The van der Waals surface area contributed by atoms with Gasteiger partial charge in [0, 0.05) is 10.7 Å². The van der Waals surface area contributed by atoms with Gasteiger partial charge in [-0.1, -0.05) is 17.7 Å². The molecule has 0 fully saturated rings. The zero-order chi connectivity index (χ0) is 16.8. The van der Waals surface area contributed by atoms with Crippen molar-refractivity contribution in [2.45, 2.75) is 13.0 Å².